The minimum atomic E-state index is -1.74. The van der Waals surface area contributed by atoms with Crippen molar-refractivity contribution in [1.29, 1.82) is 0 Å². The normalized spacial score (nSPS) is 18.5. The summed E-state index contributed by atoms with van der Waals surface area (Å²) in [5.74, 6) is -2.15. The number of carbonyl (C=O) groups is 1. The molecule has 2 atom stereocenters. The molecule has 11 nitrogen and oxygen atoms in total. The van der Waals surface area contributed by atoms with Gasteiger partial charge in [-0.3, -0.25) is 29.5 Å². The third-order valence-corrected chi connectivity index (χ3v) is 4.70. The van der Waals surface area contributed by atoms with E-state index >= 15 is 0 Å². The smallest absolute Gasteiger partial charge is 0.301 e. The van der Waals surface area contributed by atoms with Gasteiger partial charge in [0.2, 0.25) is 5.75 Å². The number of rotatable bonds is 5. The summed E-state index contributed by atoms with van der Waals surface area (Å²) in [6, 6.07) is 0.769. The molecule has 1 aliphatic rings. The molecular weight excluding hydrogens is 372 g/mol. The van der Waals surface area contributed by atoms with Gasteiger partial charge >= 0.3 is 11.9 Å². The van der Waals surface area contributed by atoms with Crippen LogP contribution in [0.4, 0.5) is 5.82 Å². The zero-order valence-corrected chi connectivity index (χ0v) is 15.7. The topological polar surface area (TPSA) is 149 Å². The third kappa shape index (κ3) is 2.84. The van der Waals surface area contributed by atoms with Crippen molar-refractivity contribution in [2.24, 2.45) is 0 Å². The van der Waals surface area contributed by atoms with E-state index in [-0.39, 0.29) is 40.2 Å². The number of nitro groups is 1. The molecule has 2 aromatic rings. The van der Waals surface area contributed by atoms with Crippen molar-refractivity contribution in [3.05, 3.63) is 43.7 Å². The number of aromatic nitrogens is 2. The average Bonchev–Trinajstić information content (AvgIpc) is 2.97. The van der Waals surface area contributed by atoms with Gasteiger partial charge in [0.25, 0.3) is 5.56 Å². The number of fused-ring (bicyclic) bond motifs is 1. The van der Waals surface area contributed by atoms with Crippen molar-refractivity contribution in [2.75, 3.05) is 19.5 Å². The Morgan fingerprint density at radius 1 is 1.21 bits per heavy atom. The van der Waals surface area contributed by atoms with Crippen molar-refractivity contribution in [2.45, 2.75) is 31.8 Å². The Labute approximate surface area is 159 Å². The van der Waals surface area contributed by atoms with Crippen LogP contribution in [0.3, 0.4) is 0 Å². The molecule has 3 rings (SSSR count). The van der Waals surface area contributed by atoms with E-state index in [2.05, 4.69) is 10.4 Å². The van der Waals surface area contributed by atoms with Gasteiger partial charge in [-0.25, -0.2) is 0 Å². The zero-order chi connectivity index (χ0) is 20.7. The predicted molar refractivity (Wildman–Crippen MR) is 97.9 cm³/mol. The fourth-order valence-corrected chi connectivity index (χ4v) is 3.43. The number of carbonyl (C=O) groups excluding carboxylic acids is 1. The fraction of sp³-hybridized carbons (Fsp3) is 0.412. The average molecular weight is 392 g/mol. The maximum atomic E-state index is 12.7. The Bertz CT molecular complexity index is 982. The number of amides is 1. The van der Waals surface area contributed by atoms with Crippen LogP contribution in [0.2, 0.25) is 0 Å². The summed E-state index contributed by atoms with van der Waals surface area (Å²) in [5.41, 5.74) is -0.257. The van der Waals surface area contributed by atoms with Crippen LogP contribution >= 0.6 is 0 Å². The van der Waals surface area contributed by atoms with Crippen LogP contribution in [0.1, 0.15) is 36.9 Å². The molecule has 0 radical (unpaired) electrons. The summed E-state index contributed by atoms with van der Waals surface area (Å²) in [7, 11) is 2.62. The van der Waals surface area contributed by atoms with Gasteiger partial charge in [0, 0.05) is 11.0 Å². The van der Waals surface area contributed by atoms with E-state index in [0.29, 0.717) is 0 Å². The first-order valence-corrected chi connectivity index (χ1v) is 8.44. The van der Waals surface area contributed by atoms with Gasteiger partial charge in [-0.2, -0.15) is 0 Å². The molecule has 150 valence electrons. The second-order valence-corrected chi connectivity index (χ2v) is 6.64. The molecule has 0 unspecified atom stereocenters. The monoisotopic (exact) mass is 392 g/mol. The van der Waals surface area contributed by atoms with Crippen LogP contribution < -0.4 is 20.3 Å². The minimum absolute atomic E-state index is 0.00343. The number of phenolic OH excluding ortho intramolecular Hbond substituents is 1. The quantitative estimate of drug-likeness (QED) is 0.511. The Morgan fingerprint density at radius 2 is 1.79 bits per heavy atom. The SMILES string of the molecule is COc1cc([C@H]2c3c(n(C(C)C)[nH]c3=O)NC(=O)[C@H]2[N+](=O)[O-])cc(OC)c1O. The molecule has 1 amide bonds. The Hall–Kier alpha value is -3.50. The number of hydrogen-bond donors (Lipinski definition) is 3. The van der Waals surface area contributed by atoms with E-state index in [1.165, 1.54) is 31.0 Å². The van der Waals surface area contributed by atoms with Gasteiger partial charge in [-0.1, -0.05) is 0 Å². The number of aromatic hydroxyl groups is 1. The largest absolute Gasteiger partial charge is 0.502 e. The number of ether oxygens (including phenoxy) is 2. The number of aromatic amines is 1. The van der Waals surface area contributed by atoms with Crippen LogP contribution in [0.5, 0.6) is 17.2 Å². The van der Waals surface area contributed by atoms with E-state index in [1.54, 1.807) is 13.8 Å². The lowest BCUT2D eigenvalue weighted by molar-refractivity contribution is -0.509. The maximum absolute atomic E-state index is 12.7. The van der Waals surface area contributed by atoms with Gasteiger partial charge in [-0.05, 0) is 31.5 Å². The van der Waals surface area contributed by atoms with Crippen LogP contribution in [-0.2, 0) is 4.79 Å². The number of nitrogens with zero attached hydrogens (tertiary/aromatic N) is 2. The number of nitrogens with one attached hydrogen (secondary N) is 2. The molecule has 0 saturated carbocycles. The summed E-state index contributed by atoms with van der Waals surface area (Å²) in [6.45, 7) is 3.59. The van der Waals surface area contributed by atoms with Gasteiger partial charge in [-0.15, -0.1) is 0 Å². The lowest BCUT2D eigenvalue weighted by Crippen LogP contribution is -2.45. The maximum Gasteiger partial charge on any atom is 0.301 e. The van der Waals surface area contributed by atoms with E-state index in [1.807, 2.05) is 0 Å². The van der Waals surface area contributed by atoms with Crippen molar-refractivity contribution in [3.63, 3.8) is 0 Å². The highest BCUT2D eigenvalue weighted by atomic mass is 16.6. The highest BCUT2D eigenvalue weighted by Crippen LogP contribution is 2.44. The standard InChI is InChI=1S/C17H20N4O7/c1-7(2)20-15-12(16(23)19-20)11(13(21(25)26)17(24)18-15)8-5-9(27-3)14(22)10(6-8)28-4/h5-7,11,13,22H,1-4H3,(H,18,24)(H,19,23)/t11-,13-/m0/s1. The molecule has 0 fully saturated rings. The molecule has 0 aliphatic carbocycles. The number of benzene rings is 1. The summed E-state index contributed by atoms with van der Waals surface area (Å²) >= 11 is 0. The van der Waals surface area contributed by atoms with Crippen molar-refractivity contribution in [3.8, 4) is 17.2 Å². The molecule has 1 aromatic carbocycles. The lowest BCUT2D eigenvalue weighted by Gasteiger charge is -2.27. The molecule has 0 spiro atoms. The number of hydrogen-bond acceptors (Lipinski definition) is 7. The summed E-state index contributed by atoms with van der Waals surface area (Å²) in [6.07, 6.45) is 0. The molecule has 3 N–H and O–H groups in total. The van der Waals surface area contributed by atoms with E-state index in [9.17, 15) is 24.8 Å². The first-order chi connectivity index (χ1) is 13.2. The molecule has 0 saturated heterocycles. The van der Waals surface area contributed by atoms with Gasteiger partial charge < -0.3 is 19.9 Å². The van der Waals surface area contributed by atoms with Crippen LogP contribution in [-0.4, -0.2) is 46.0 Å². The van der Waals surface area contributed by atoms with E-state index in [0.717, 1.165) is 0 Å². The second-order valence-electron chi connectivity index (χ2n) is 6.64. The molecular formula is C17H20N4O7. The summed E-state index contributed by atoms with van der Waals surface area (Å²) in [5, 5.41) is 26.9. The van der Waals surface area contributed by atoms with Crippen molar-refractivity contribution >= 4 is 11.7 Å². The highest BCUT2D eigenvalue weighted by Gasteiger charge is 2.49. The summed E-state index contributed by atoms with van der Waals surface area (Å²) in [4.78, 5) is 36.2. The predicted octanol–water partition coefficient (Wildman–Crippen LogP) is 1.21. The number of phenols is 1. The van der Waals surface area contributed by atoms with E-state index in [4.69, 9.17) is 9.47 Å². The third-order valence-electron chi connectivity index (χ3n) is 4.70. The zero-order valence-electron chi connectivity index (χ0n) is 15.7. The van der Waals surface area contributed by atoms with Gasteiger partial charge in [0.15, 0.2) is 11.5 Å². The Morgan fingerprint density at radius 3 is 2.25 bits per heavy atom. The van der Waals surface area contributed by atoms with Gasteiger partial charge in [0.05, 0.1) is 25.7 Å². The summed E-state index contributed by atoms with van der Waals surface area (Å²) < 4.78 is 11.7. The van der Waals surface area contributed by atoms with Crippen LogP contribution in [0.25, 0.3) is 0 Å². The number of anilines is 1. The molecule has 1 aliphatic heterocycles. The molecule has 1 aromatic heterocycles. The first kappa shape index (κ1) is 19.3. The lowest BCUT2D eigenvalue weighted by atomic mass is 9.83. The Kier molecular flexibility index (Phi) is 4.75. The minimum Gasteiger partial charge on any atom is -0.502 e. The Balaban J connectivity index is 2.33. The highest BCUT2D eigenvalue weighted by molar-refractivity contribution is 5.98. The van der Waals surface area contributed by atoms with E-state index < -0.39 is 28.3 Å². The number of methoxy groups -OCH3 is 2. The van der Waals surface area contributed by atoms with Crippen molar-refractivity contribution in [1.82, 2.24) is 9.78 Å². The molecule has 28 heavy (non-hydrogen) atoms. The molecule has 2 heterocycles. The van der Waals surface area contributed by atoms with Gasteiger partial charge in [0.1, 0.15) is 5.82 Å². The number of H-pyrrole nitrogens is 1. The second kappa shape index (κ2) is 6.91. The first-order valence-electron chi connectivity index (χ1n) is 8.44. The molecule has 0 bridgehead atoms. The molecule has 11 heteroatoms. The van der Waals surface area contributed by atoms with Crippen LogP contribution in [0, 0.1) is 10.1 Å². The van der Waals surface area contributed by atoms with Crippen LogP contribution in [0.15, 0.2) is 16.9 Å². The van der Waals surface area contributed by atoms with Crippen molar-refractivity contribution < 1.29 is 24.3 Å². The fourth-order valence-electron chi connectivity index (χ4n) is 3.43.